The molecule has 0 aliphatic rings. The van der Waals surface area contributed by atoms with Crippen molar-refractivity contribution in [2.75, 3.05) is 0 Å². The van der Waals surface area contributed by atoms with Crippen LogP contribution >= 0.6 is 11.6 Å². The molecule has 0 saturated carbocycles. The Morgan fingerprint density at radius 2 is 2.08 bits per heavy atom. The van der Waals surface area contributed by atoms with Crippen LogP contribution in [-0.4, -0.2) is 31.1 Å². The first-order valence-corrected chi connectivity index (χ1v) is 7.53. The van der Waals surface area contributed by atoms with Gasteiger partial charge in [-0.25, -0.2) is 9.48 Å². The zero-order chi connectivity index (χ0) is 17.3. The highest BCUT2D eigenvalue weighted by atomic mass is 35.5. The molecule has 0 aliphatic heterocycles. The molecule has 0 bridgehead atoms. The van der Waals surface area contributed by atoms with Gasteiger partial charge < -0.3 is 9.26 Å². The van der Waals surface area contributed by atoms with Gasteiger partial charge in [0.2, 0.25) is 0 Å². The van der Waals surface area contributed by atoms with Crippen LogP contribution in [0.3, 0.4) is 0 Å². The summed E-state index contributed by atoms with van der Waals surface area (Å²) in [4.78, 5) is 16.4. The number of carbonyl (C=O) groups is 1. The molecule has 1 atom stereocenters. The standard InChI is InChI=1S/C15H14ClN5O3/c1-8-13(15(22)23-9(2)14-17-10(3)19-24-14)18-20-21(8)12-7-5-4-6-11(12)16/h4-7,9H,1-3H3/t9-/m1/s1. The van der Waals surface area contributed by atoms with Crippen LogP contribution in [0.1, 0.15) is 40.9 Å². The third-order valence-corrected chi connectivity index (χ3v) is 3.66. The topological polar surface area (TPSA) is 95.9 Å². The number of aromatic nitrogens is 5. The molecule has 0 fully saturated rings. The zero-order valence-electron chi connectivity index (χ0n) is 13.2. The number of carbonyl (C=O) groups excluding carboxylic acids is 1. The van der Waals surface area contributed by atoms with Gasteiger partial charge in [-0.2, -0.15) is 4.98 Å². The van der Waals surface area contributed by atoms with Gasteiger partial charge in [0.05, 0.1) is 16.4 Å². The van der Waals surface area contributed by atoms with E-state index in [0.29, 0.717) is 22.2 Å². The van der Waals surface area contributed by atoms with Gasteiger partial charge >= 0.3 is 5.97 Å². The second-order valence-electron chi connectivity index (χ2n) is 5.11. The smallest absolute Gasteiger partial charge is 0.361 e. The Kier molecular flexibility index (Phi) is 4.30. The quantitative estimate of drug-likeness (QED) is 0.669. The van der Waals surface area contributed by atoms with E-state index in [4.69, 9.17) is 20.9 Å². The monoisotopic (exact) mass is 347 g/mol. The molecule has 2 aromatic heterocycles. The first-order valence-electron chi connectivity index (χ1n) is 7.15. The van der Waals surface area contributed by atoms with Crippen molar-refractivity contribution in [2.45, 2.75) is 26.9 Å². The van der Waals surface area contributed by atoms with Gasteiger partial charge in [0.15, 0.2) is 17.6 Å². The maximum atomic E-state index is 12.3. The third-order valence-electron chi connectivity index (χ3n) is 3.34. The minimum absolute atomic E-state index is 0.0954. The summed E-state index contributed by atoms with van der Waals surface area (Å²) >= 11 is 6.15. The second kappa shape index (κ2) is 6.40. The number of esters is 1. The third kappa shape index (κ3) is 3.00. The summed E-state index contributed by atoms with van der Waals surface area (Å²) in [6, 6.07) is 7.14. The lowest BCUT2D eigenvalue weighted by Crippen LogP contribution is -2.11. The van der Waals surface area contributed by atoms with Crippen molar-refractivity contribution < 1.29 is 14.1 Å². The van der Waals surface area contributed by atoms with E-state index in [1.807, 2.05) is 6.07 Å². The number of aryl methyl sites for hydroxylation is 1. The van der Waals surface area contributed by atoms with Crippen LogP contribution in [0.15, 0.2) is 28.8 Å². The van der Waals surface area contributed by atoms with E-state index in [1.54, 1.807) is 39.0 Å². The first kappa shape index (κ1) is 16.1. The van der Waals surface area contributed by atoms with E-state index < -0.39 is 12.1 Å². The van der Waals surface area contributed by atoms with Gasteiger partial charge in [0.25, 0.3) is 5.89 Å². The minimum atomic E-state index is -0.691. The lowest BCUT2D eigenvalue weighted by molar-refractivity contribution is 0.0257. The maximum absolute atomic E-state index is 12.3. The molecule has 0 aliphatic carbocycles. The number of para-hydroxylation sites is 1. The van der Waals surface area contributed by atoms with Gasteiger partial charge in [-0.05, 0) is 32.9 Å². The first-order chi connectivity index (χ1) is 11.5. The van der Waals surface area contributed by atoms with Gasteiger partial charge in [0, 0.05) is 0 Å². The molecule has 24 heavy (non-hydrogen) atoms. The highest BCUT2D eigenvalue weighted by Gasteiger charge is 2.24. The fraction of sp³-hybridized carbons (Fsp3) is 0.267. The highest BCUT2D eigenvalue weighted by Crippen LogP contribution is 2.22. The van der Waals surface area contributed by atoms with Gasteiger partial charge in [0.1, 0.15) is 0 Å². The van der Waals surface area contributed by atoms with Crippen LogP contribution in [0.5, 0.6) is 0 Å². The largest absolute Gasteiger partial charge is 0.448 e. The Hall–Kier alpha value is -2.74. The molecule has 1 aromatic carbocycles. The van der Waals surface area contributed by atoms with Crippen LogP contribution in [0, 0.1) is 13.8 Å². The summed E-state index contributed by atoms with van der Waals surface area (Å²) < 4.78 is 11.8. The molecular formula is C15H14ClN5O3. The van der Waals surface area contributed by atoms with Crippen LogP contribution < -0.4 is 0 Å². The van der Waals surface area contributed by atoms with E-state index in [-0.39, 0.29) is 11.6 Å². The summed E-state index contributed by atoms with van der Waals surface area (Å²) in [6.07, 6.45) is -0.691. The van der Waals surface area contributed by atoms with Gasteiger partial charge in [-0.3, -0.25) is 0 Å². The maximum Gasteiger partial charge on any atom is 0.361 e. The van der Waals surface area contributed by atoms with Gasteiger partial charge in [-0.1, -0.05) is 34.1 Å². The SMILES string of the molecule is Cc1noc([C@@H](C)OC(=O)c2nnn(-c3ccccc3Cl)c2C)n1. The summed E-state index contributed by atoms with van der Waals surface area (Å²) in [5, 5.41) is 12.0. The van der Waals surface area contributed by atoms with Crippen LogP contribution in [0.4, 0.5) is 0 Å². The van der Waals surface area contributed by atoms with Crippen LogP contribution in [-0.2, 0) is 4.74 Å². The lowest BCUT2D eigenvalue weighted by atomic mass is 10.3. The summed E-state index contributed by atoms with van der Waals surface area (Å²) in [6.45, 7) is 5.03. The molecule has 0 radical (unpaired) electrons. The Bertz CT molecular complexity index is 889. The molecule has 124 valence electrons. The summed E-state index contributed by atoms with van der Waals surface area (Å²) in [5.41, 5.74) is 1.24. The van der Waals surface area contributed by atoms with E-state index in [1.165, 1.54) is 4.68 Å². The van der Waals surface area contributed by atoms with Crippen molar-refractivity contribution in [3.05, 3.63) is 52.4 Å². The number of hydrogen-bond donors (Lipinski definition) is 0. The summed E-state index contributed by atoms with van der Waals surface area (Å²) in [5.74, 6) is 0.0555. The molecule has 8 nitrogen and oxygen atoms in total. The predicted molar refractivity (Wildman–Crippen MR) is 84.0 cm³/mol. The number of halogens is 1. The van der Waals surface area contributed by atoms with E-state index in [0.717, 1.165) is 0 Å². The summed E-state index contributed by atoms with van der Waals surface area (Å²) in [7, 11) is 0. The molecule has 2 heterocycles. The predicted octanol–water partition coefficient (Wildman–Crippen LogP) is 2.84. The van der Waals surface area contributed by atoms with Crippen LogP contribution in [0.2, 0.25) is 5.02 Å². The molecule has 0 amide bonds. The Balaban J connectivity index is 1.83. The highest BCUT2D eigenvalue weighted by molar-refractivity contribution is 6.32. The number of hydrogen-bond acceptors (Lipinski definition) is 7. The zero-order valence-corrected chi connectivity index (χ0v) is 14.0. The van der Waals surface area contributed by atoms with Crippen molar-refractivity contribution in [3.8, 4) is 5.69 Å². The molecule has 0 spiro atoms. The number of ether oxygens (including phenoxy) is 1. The van der Waals surface area contributed by atoms with Crippen molar-refractivity contribution in [2.24, 2.45) is 0 Å². The Morgan fingerprint density at radius 3 is 2.75 bits per heavy atom. The molecule has 3 rings (SSSR count). The molecule has 3 aromatic rings. The van der Waals surface area contributed by atoms with Crippen molar-refractivity contribution in [1.82, 2.24) is 25.1 Å². The normalized spacial score (nSPS) is 12.2. The second-order valence-corrected chi connectivity index (χ2v) is 5.52. The van der Waals surface area contributed by atoms with Gasteiger partial charge in [-0.15, -0.1) is 5.10 Å². The van der Waals surface area contributed by atoms with E-state index in [9.17, 15) is 4.79 Å². The molecule has 9 heteroatoms. The van der Waals surface area contributed by atoms with Crippen molar-refractivity contribution in [3.63, 3.8) is 0 Å². The molecule has 0 N–H and O–H groups in total. The Morgan fingerprint density at radius 1 is 1.33 bits per heavy atom. The lowest BCUT2D eigenvalue weighted by Gasteiger charge is -2.08. The minimum Gasteiger partial charge on any atom is -0.448 e. The fourth-order valence-electron chi connectivity index (χ4n) is 2.12. The van der Waals surface area contributed by atoms with Crippen molar-refractivity contribution >= 4 is 17.6 Å². The number of nitrogens with zero attached hydrogens (tertiary/aromatic N) is 5. The molecule has 0 saturated heterocycles. The molecule has 0 unspecified atom stereocenters. The molecular weight excluding hydrogens is 334 g/mol. The van der Waals surface area contributed by atoms with E-state index in [2.05, 4.69) is 20.5 Å². The average molecular weight is 348 g/mol. The van der Waals surface area contributed by atoms with Crippen molar-refractivity contribution in [1.29, 1.82) is 0 Å². The number of benzene rings is 1. The average Bonchev–Trinajstić information content (AvgIpc) is 3.14. The van der Waals surface area contributed by atoms with Crippen LogP contribution in [0.25, 0.3) is 5.69 Å². The van der Waals surface area contributed by atoms with E-state index >= 15 is 0 Å². The Labute approximate surface area is 142 Å². The number of rotatable bonds is 4. The fourth-order valence-corrected chi connectivity index (χ4v) is 2.33.